The molecule has 0 unspecified atom stereocenters. The second-order valence-electron chi connectivity index (χ2n) is 4.12. The van der Waals surface area contributed by atoms with E-state index < -0.39 is 10.0 Å². The van der Waals surface area contributed by atoms with Crippen LogP contribution in [0, 0.1) is 0 Å². The normalized spacial score (nSPS) is 11.1. The minimum Gasteiger partial charge on any atom is -0.429 e. The van der Waals surface area contributed by atoms with Crippen molar-refractivity contribution in [1.29, 1.82) is 0 Å². The van der Waals surface area contributed by atoms with Crippen LogP contribution in [-0.2, 0) is 21.4 Å². The van der Waals surface area contributed by atoms with Crippen LogP contribution in [0.1, 0.15) is 5.56 Å². The fraction of sp³-hybridized carbons (Fsp3) is 0.0714. The number of ether oxygens (including phenoxy) is 1. The van der Waals surface area contributed by atoms with Gasteiger partial charge in [-0.1, -0.05) is 41.9 Å². The average molecular weight is 326 g/mol. The minimum absolute atomic E-state index is 0.0498. The Morgan fingerprint density at radius 1 is 1.14 bits per heavy atom. The van der Waals surface area contributed by atoms with Crippen LogP contribution in [0.3, 0.4) is 0 Å². The first-order valence-corrected chi connectivity index (χ1v) is 7.82. The van der Waals surface area contributed by atoms with Gasteiger partial charge in [0.05, 0.1) is 5.02 Å². The Morgan fingerprint density at radius 3 is 2.52 bits per heavy atom. The first-order valence-electron chi connectivity index (χ1n) is 5.96. The van der Waals surface area contributed by atoms with Gasteiger partial charge in [0.2, 0.25) is 10.0 Å². The summed E-state index contributed by atoms with van der Waals surface area (Å²) in [4.78, 5) is 10.2. The van der Waals surface area contributed by atoms with Gasteiger partial charge >= 0.3 is 0 Å². The molecule has 0 radical (unpaired) electrons. The highest BCUT2D eigenvalue weighted by Crippen LogP contribution is 2.26. The molecule has 0 aliphatic heterocycles. The van der Waals surface area contributed by atoms with E-state index in [2.05, 4.69) is 9.46 Å². The highest BCUT2D eigenvalue weighted by atomic mass is 35.5. The van der Waals surface area contributed by atoms with Gasteiger partial charge in [-0.2, -0.15) is 0 Å². The Kier molecular flexibility index (Phi) is 4.95. The summed E-state index contributed by atoms with van der Waals surface area (Å²) in [5, 5.41) is 0.0498. The summed E-state index contributed by atoms with van der Waals surface area (Å²) >= 11 is 5.90. The first kappa shape index (κ1) is 15.5. The molecule has 21 heavy (non-hydrogen) atoms. The molecular formula is C14H12ClNO4S. The van der Waals surface area contributed by atoms with Crippen LogP contribution in [0.5, 0.6) is 5.75 Å². The fourth-order valence-electron chi connectivity index (χ4n) is 1.67. The van der Waals surface area contributed by atoms with E-state index in [1.807, 2.05) is 18.2 Å². The molecule has 0 fully saturated rings. The van der Waals surface area contributed by atoms with Crippen molar-refractivity contribution >= 4 is 28.1 Å². The highest BCUT2D eigenvalue weighted by Gasteiger charge is 2.18. The third-order valence-electron chi connectivity index (χ3n) is 2.69. The van der Waals surface area contributed by atoms with Crippen molar-refractivity contribution in [1.82, 2.24) is 4.72 Å². The van der Waals surface area contributed by atoms with Crippen molar-refractivity contribution < 1.29 is 17.9 Å². The first-order chi connectivity index (χ1) is 10.0. The number of halogens is 1. The molecule has 0 heterocycles. The molecule has 2 aromatic rings. The molecule has 0 atom stereocenters. The molecule has 1 N–H and O–H groups in total. The minimum atomic E-state index is -3.81. The molecule has 0 amide bonds. The SMILES string of the molecule is O=COc1ccc(Cl)c(S(=O)(=O)NCc2ccccc2)c1. The largest absolute Gasteiger partial charge is 0.429 e. The molecule has 2 rings (SSSR count). The summed E-state index contributed by atoms with van der Waals surface area (Å²) in [5.41, 5.74) is 0.817. The lowest BCUT2D eigenvalue weighted by atomic mass is 10.2. The molecule has 0 aliphatic carbocycles. The van der Waals surface area contributed by atoms with Crippen LogP contribution in [0.15, 0.2) is 53.4 Å². The van der Waals surface area contributed by atoms with Crippen LogP contribution < -0.4 is 9.46 Å². The average Bonchev–Trinajstić information content (AvgIpc) is 2.48. The molecule has 0 saturated heterocycles. The number of hydrogen-bond acceptors (Lipinski definition) is 4. The second-order valence-corrected chi connectivity index (χ2v) is 6.26. The molecule has 0 saturated carbocycles. The van der Waals surface area contributed by atoms with E-state index in [4.69, 9.17) is 11.6 Å². The molecule has 0 aromatic heterocycles. The predicted molar refractivity (Wildman–Crippen MR) is 78.6 cm³/mol. The van der Waals surface area contributed by atoms with Crippen molar-refractivity contribution in [3.8, 4) is 5.75 Å². The predicted octanol–water partition coefficient (Wildman–Crippen LogP) is 2.35. The van der Waals surface area contributed by atoms with Gasteiger partial charge in [-0.05, 0) is 17.7 Å². The summed E-state index contributed by atoms with van der Waals surface area (Å²) in [5.74, 6) is 0.106. The molecule has 7 heteroatoms. The summed E-state index contributed by atoms with van der Waals surface area (Å²) in [6.45, 7) is 0.356. The highest BCUT2D eigenvalue weighted by molar-refractivity contribution is 7.89. The molecule has 0 aliphatic rings. The number of benzene rings is 2. The van der Waals surface area contributed by atoms with Gasteiger partial charge in [-0.25, -0.2) is 13.1 Å². The van der Waals surface area contributed by atoms with Crippen molar-refractivity contribution in [3.05, 3.63) is 59.1 Å². The molecule has 0 spiro atoms. The maximum absolute atomic E-state index is 12.2. The quantitative estimate of drug-likeness (QED) is 0.827. The zero-order valence-electron chi connectivity index (χ0n) is 10.8. The zero-order chi connectivity index (χ0) is 15.3. The summed E-state index contributed by atoms with van der Waals surface area (Å²) in [6.07, 6.45) is 0. The number of nitrogens with one attached hydrogen (secondary N) is 1. The van der Waals surface area contributed by atoms with E-state index in [1.54, 1.807) is 12.1 Å². The Bertz CT molecular complexity index is 732. The second kappa shape index (κ2) is 6.71. The molecule has 110 valence electrons. The Labute approximate surface area is 127 Å². The number of rotatable bonds is 6. The smallest absolute Gasteiger partial charge is 0.298 e. The van der Waals surface area contributed by atoms with Crippen molar-refractivity contribution in [2.24, 2.45) is 0 Å². The summed E-state index contributed by atoms with van der Waals surface area (Å²) in [6, 6.07) is 13.0. The number of carbonyl (C=O) groups is 1. The number of sulfonamides is 1. The van der Waals surface area contributed by atoms with E-state index in [-0.39, 0.29) is 28.7 Å². The monoisotopic (exact) mass is 325 g/mol. The van der Waals surface area contributed by atoms with E-state index in [1.165, 1.54) is 18.2 Å². The van der Waals surface area contributed by atoms with Gasteiger partial charge in [0.15, 0.2) is 0 Å². The Balaban J connectivity index is 2.22. The van der Waals surface area contributed by atoms with Crippen molar-refractivity contribution in [2.75, 3.05) is 0 Å². The lowest BCUT2D eigenvalue weighted by molar-refractivity contribution is -0.120. The van der Waals surface area contributed by atoms with Gasteiger partial charge in [0, 0.05) is 12.6 Å². The summed E-state index contributed by atoms with van der Waals surface area (Å²) in [7, 11) is -3.81. The van der Waals surface area contributed by atoms with E-state index in [9.17, 15) is 13.2 Å². The molecule has 2 aromatic carbocycles. The lowest BCUT2D eigenvalue weighted by Crippen LogP contribution is -2.23. The van der Waals surface area contributed by atoms with Gasteiger partial charge < -0.3 is 4.74 Å². The zero-order valence-corrected chi connectivity index (χ0v) is 12.4. The third kappa shape index (κ3) is 4.04. The maximum atomic E-state index is 12.2. The fourth-order valence-corrected chi connectivity index (χ4v) is 3.20. The van der Waals surface area contributed by atoms with Crippen LogP contribution in [0.4, 0.5) is 0 Å². The topological polar surface area (TPSA) is 72.5 Å². The van der Waals surface area contributed by atoms with Crippen LogP contribution in [0.2, 0.25) is 5.02 Å². The van der Waals surface area contributed by atoms with Gasteiger partial charge in [-0.15, -0.1) is 0 Å². The van der Waals surface area contributed by atoms with E-state index >= 15 is 0 Å². The maximum Gasteiger partial charge on any atom is 0.298 e. The van der Waals surface area contributed by atoms with Crippen LogP contribution in [-0.4, -0.2) is 14.9 Å². The molecule has 5 nitrogen and oxygen atoms in total. The Hall–Kier alpha value is -1.89. The van der Waals surface area contributed by atoms with E-state index in [0.717, 1.165) is 5.56 Å². The molecular weight excluding hydrogens is 314 g/mol. The number of hydrogen-bond donors (Lipinski definition) is 1. The third-order valence-corrected chi connectivity index (χ3v) is 4.57. The molecule has 0 bridgehead atoms. The number of carbonyl (C=O) groups excluding carboxylic acids is 1. The van der Waals surface area contributed by atoms with E-state index in [0.29, 0.717) is 0 Å². The summed E-state index contributed by atoms with van der Waals surface area (Å²) < 4.78 is 31.6. The van der Waals surface area contributed by atoms with Crippen molar-refractivity contribution in [3.63, 3.8) is 0 Å². The van der Waals surface area contributed by atoms with Gasteiger partial charge in [-0.3, -0.25) is 4.79 Å². The Morgan fingerprint density at radius 2 is 1.86 bits per heavy atom. The van der Waals surface area contributed by atoms with Crippen LogP contribution in [0.25, 0.3) is 0 Å². The van der Waals surface area contributed by atoms with Crippen molar-refractivity contribution in [2.45, 2.75) is 11.4 Å². The van der Waals surface area contributed by atoms with Gasteiger partial charge in [0.25, 0.3) is 6.47 Å². The lowest BCUT2D eigenvalue weighted by Gasteiger charge is -2.09. The van der Waals surface area contributed by atoms with Gasteiger partial charge in [0.1, 0.15) is 10.6 Å². The standard InChI is InChI=1S/C14H12ClNO4S/c15-13-7-6-12(20-10-17)8-14(13)21(18,19)16-9-11-4-2-1-3-5-11/h1-8,10,16H,9H2. The van der Waals surface area contributed by atoms with Crippen LogP contribution >= 0.6 is 11.6 Å².